The lowest BCUT2D eigenvalue weighted by Crippen LogP contribution is -3.00. The second kappa shape index (κ2) is 8.71. The molecular weight excluding hydrogens is 170 g/mol. The van der Waals surface area contributed by atoms with E-state index in [-0.39, 0.29) is 17.7 Å². The third kappa shape index (κ3) is 8.71. The van der Waals surface area contributed by atoms with Crippen LogP contribution in [0.15, 0.2) is 30.3 Å². The highest BCUT2D eigenvalue weighted by molar-refractivity contribution is 5.18. The van der Waals surface area contributed by atoms with Crippen molar-refractivity contribution in [1.29, 1.82) is 0 Å². The van der Waals surface area contributed by atoms with Gasteiger partial charge in [-0.3, -0.25) is 10.1 Å². The summed E-state index contributed by atoms with van der Waals surface area (Å²) >= 11 is 0. The van der Waals surface area contributed by atoms with Crippen molar-refractivity contribution in [1.82, 2.24) is 0 Å². The Morgan fingerprint density at radius 1 is 1.27 bits per heavy atom. The molecular formula is C6H7ClNO3-. The molecule has 0 bridgehead atoms. The molecule has 0 saturated heterocycles. The van der Waals surface area contributed by atoms with Crippen LogP contribution >= 0.6 is 0 Å². The molecule has 1 aromatic rings. The van der Waals surface area contributed by atoms with Gasteiger partial charge in [0.2, 0.25) is 0 Å². The van der Waals surface area contributed by atoms with Crippen LogP contribution in [-0.4, -0.2) is 5.11 Å². The zero-order valence-electron chi connectivity index (χ0n) is 5.53. The Morgan fingerprint density at radius 3 is 1.82 bits per heavy atom. The van der Waals surface area contributed by atoms with E-state index in [1.54, 1.807) is 24.3 Å². The van der Waals surface area contributed by atoms with Gasteiger partial charge in [0.1, 0.15) is 5.75 Å². The summed E-state index contributed by atoms with van der Waals surface area (Å²) in [5.74, 6) is 0.322. The van der Waals surface area contributed by atoms with Crippen molar-refractivity contribution in [2.75, 3.05) is 0 Å². The standard InChI is InChI=1S/C6H6O.ClH.HNO2/c7-6-4-2-1-3-5-6;;2-1-3/h1-5,7H;1H;1H/p-1. The number of hydrogen-bond donors (Lipinski definition) is 2. The number of benzene rings is 1. The van der Waals surface area contributed by atoms with Crippen LogP contribution in [0.2, 0.25) is 0 Å². The van der Waals surface area contributed by atoms with Gasteiger partial charge in [0.25, 0.3) is 0 Å². The van der Waals surface area contributed by atoms with E-state index in [0.717, 1.165) is 0 Å². The Bertz CT molecular complexity index is 180. The molecule has 0 aromatic heterocycles. The number of rotatable bonds is 0. The second-order valence-corrected chi connectivity index (χ2v) is 1.42. The van der Waals surface area contributed by atoms with Crippen LogP contribution in [0.25, 0.3) is 0 Å². The summed E-state index contributed by atoms with van der Waals surface area (Å²) < 4.78 is 0. The lowest BCUT2D eigenvalue weighted by atomic mass is 10.3. The van der Waals surface area contributed by atoms with Gasteiger partial charge in [0.15, 0.2) is 0 Å². The number of hydrogen-bond acceptors (Lipinski definition) is 3. The molecule has 5 heteroatoms. The summed E-state index contributed by atoms with van der Waals surface area (Å²) in [4.78, 5) is 8.12. The first-order valence-corrected chi connectivity index (χ1v) is 2.54. The Hall–Kier alpha value is -1.29. The number of nitrogens with one attached hydrogen (secondary N) is 1. The molecule has 0 heterocycles. The van der Waals surface area contributed by atoms with Gasteiger partial charge >= 0.3 is 0 Å². The van der Waals surface area contributed by atoms with Gasteiger partial charge in [-0.1, -0.05) is 18.2 Å². The smallest absolute Gasteiger partial charge is 0.115 e. The van der Waals surface area contributed by atoms with Crippen LogP contribution in [-0.2, 0) is 0 Å². The van der Waals surface area contributed by atoms with E-state index in [0.29, 0.717) is 5.75 Å². The summed E-state index contributed by atoms with van der Waals surface area (Å²) in [6.45, 7) is 0. The Balaban J connectivity index is 0. The predicted molar refractivity (Wildman–Crippen MR) is 35.8 cm³/mol. The quantitative estimate of drug-likeness (QED) is 0.322. The van der Waals surface area contributed by atoms with E-state index < -0.39 is 0 Å². The molecule has 0 aliphatic heterocycles. The minimum absolute atomic E-state index is 0. The third-order valence-electron chi connectivity index (χ3n) is 0.756. The maximum atomic E-state index is 8.63. The molecule has 0 saturated carbocycles. The number of aromatic hydroxyl groups is 1. The van der Waals surface area contributed by atoms with E-state index in [9.17, 15) is 0 Å². The molecule has 11 heavy (non-hydrogen) atoms. The van der Waals surface area contributed by atoms with Gasteiger partial charge in [-0.15, -0.1) is 0 Å². The van der Waals surface area contributed by atoms with Crippen molar-refractivity contribution in [2.24, 2.45) is 0 Å². The van der Waals surface area contributed by atoms with Crippen molar-refractivity contribution in [2.45, 2.75) is 0 Å². The normalized spacial score (nSPS) is 6.55. The number of phenols is 1. The maximum Gasteiger partial charge on any atom is 0.115 e. The van der Waals surface area contributed by atoms with Gasteiger partial charge < -0.3 is 17.5 Å². The summed E-state index contributed by atoms with van der Waals surface area (Å²) in [7, 11) is 0. The van der Waals surface area contributed by atoms with Crippen molar-refractivity contribution < 1.29 is 22.9 Å². The van der Waals surface area contributed by atoms with Crippen molar-refractivity contribution in [3.05, 3.63) is 40.4 Å². The van der Waals surface area contributed by atoms with Gasteiger partial charge in [-0.25, -0.2) is 0 Å². The summed E-state index contributed by atoms with van der Waals surface area (Å²) in [6.07, 6.45) is 0. The largest absolute Gasteiger partial charge is 1.00 e. The van der Waals surface area contributed by atoms with Gasteiger partial charge in [0.05, 0.1) is 0 Å². The van der Waals surface area contributed by atoms with Crippen LogP contribution in [0.3, 0.4) is 0 Å². The third-order valence-corrected chi connectivity index (χ3v) is 0.756. The lowest BCUT2D eigenvalue weighted by molar-refractivity contribution is -0.398. The zero-order chi connectivity index (χ0) is 7.82. The average molecular weight is 177 g/mol. The number of phenolic OH excluding ortho intramolecular Hbond substituents is 1. The van der Waals surface area contributed by atoms with E-state index in [4.69, 9.17) is 15.2 Å². The fourth-order valence-electron chi connectivity index (χ4n) is 0.428. The monoisotopic (exact) mass is 176 g/mol. The lowest BCUT2D eigenvalue weighted by Gasteiger charge is -1.82. The van der Waals surface area contributed by atoms with Crippen LogP contribution in [0, 0.1) is 10.1 Å². The fourth-order valence-corrected chi connectivity index (χ4v) is 0.428. The molecule has 0 spiro atoms. The first kappa shape index (κ1) is 12.4. The topological polar surface area (TPSA) is 74.3 Å². The van der Waals surface area contributed by atoms with E-state index in [1.165, 1.54) is 0 Å². The van der Waals surface area contributed by atoms with Crippen molar-refractivity contribution >= 4 is 0 Å². The molecule has 0 atom stereocenters. The molecule has 0 amide bonds. The fraction of sp³-hybridized carbons (Fsp3) is 0. The highest BCUT2D eigenvalue weighted by atomic mass is 35.5. The summed E-state index contributed by atoms with van der Waals surface area (Å²) in [5, 5.41) is 17.0. The minimum atomic E-state index is 0. The highest BCUT2D eigenvalue weighted by Gasteiger charge is 1.74. The summed E-state index contributed by atoms with van der Waals surface area (Å²) in [6, 6.07) is 8.71. The van der Waals surface area contributed by atoms with Crippen molar-refractivity contribution in [3.63, 3.8) is 0 Å². The first-order chi connectivity index (χ1) is 4.81. The SMILES string of the molecule is O=[NH+][O-].Oc1ccccc1.[Cl-]. The average Bonchev–Trinajstić information content (AvgIpc) is 1.91. The molecule has 0 aliphatic carbocycles. The van der Waals surface area contributed by atoms with Crippen molar-refractivity contribution in [3.8, 4) is 5.75 Å². The molecule has 0 radical (unpaired) electrons. The van der Waals surface area contributed by atoms with Crippen LogP contribution < -0.4 is 17.7 Å². The molecule has 2 N–H and O–H groups in total. The molecule has 62 valence electrons. The van der Waals surface area contributed by atoms with E-state index in [2.05, 4.69) is 0 Å². The highest BCUT2D eigenvalue weighted by Crippen LogP contribution is 2.02. The van der Waals surface area contributed by atoms with E-state index >= 15 is 0 Å². The number of para-hydroxylation sites is 1. The molecule has 0 fully saturated rings. The van der Waals surface area contributed by atoms with Crippen LogP contribution in [0.5, 0.6) is 5.75 Å². The maximum absolute atomic E-state index is 8.63. The molecule has 1 aromatic carbocycles. The molecule has 1 rings (SSSR count). The number of halogens is 1. The Kier molecular flexibility index (Phi) is 9.81. The second-order valence-electron chi connectivity index (χ2n) is 1.42. The van der Waals surface area contributed by atoms with Crippen LogP contribution in [0.1, 0.15) is 0 Å². The van der Waals surface area contributed by atoms with Gasteiger partial charge in [-0.2, -0.15) is 0 Å². The summed E-state index contributed by atoms with van der Waals surface area (Å²) in [5.41, 5.74) is 0. The zero-order valence-corrected chi connectivity index (χ0v) is 6.28. The predicted octanol–water partition coefficient (Wildman–Crippen LogP) is -3.27. The molecule has 0 unspecified atom stereocenters. The van der Waals surface area contributed by atoms with Gasteiger partial charge in [0, 0.05) is 5.34 Å². The Labute approximate surface area is 69.8 Å². The molecule has 4 nitrogen and oxygen atoms in total. The Morgan fingerprint density at radius 2 is 1.64 bits per heavy atom. The van der Waals surface area contributed by atoms with Crippen LogP contribution in [0.4, 0.5) is 0 Å². The van der Waals surface area contributed by atoms with E-state index in [1.807, 2.05) is 6.07 Å². The first-order valence-electron chi connectivity index (χ1n) is 2.54. The minimum Gasteiger partial charge on any atom is -1.00 e. The van der Waals surface area contributed by atoms with Gasteiger partial charge in [-0.05, 0) is 12.1 Å². The molecule has 0 aliphatic rings.